The third kappa shape index (κ3) is 10.9. The minimum Gasteiger partial charge on any atom is -0.481 e. The van der Waals surface area contributed by atoms with Gasteiger partial charge in [-0.05, 0) is 12.8 Å². The Morgan fingerprint density at radius 2 is 1.38 bits per heavy atom. The first-order chi connectivity index (χ1) is 9.85. The minimum absolute atomic E-state index is 0.0417. The maximum Gasteiger partial charge on any atom is 0.307 e. The molecule has 0 atom stereocenters. The van der Waals surface area contributed by atoms with E-state index in [0.717, 1.165) is 0 Å². The maximum atomic E-state index is 10.6. The quantitative estimate of drug-likeness (QED) is 0.238. The van der Waals surface area contributed by atoms with E-state index in [0.29, 0.717) is 12.8 Å². The van der Waals surface area contributed by atoms with Crippen LogP contribution in [-0.4, -0.2) is 43.9 Å². The Morgan fingerprint density at radius 1 is 0.952 bits per heavy atom. The Morgan fingerprint density at radius 3 is 1.76 bits per heavy atom. The standard InChI is InChI=1S/C7H12O5.C3H6N6/c8-5-12-7(11)4-2-1-3-6(9)10;4-1-7-2(5)9-3(6)8-1/h8H,1-5H2,(H,9,10);(H6,4,5,6,7,8,9). The molecule has 0 aliphatic carbocycles. The zero-order chi connectivity index (χ0) is 16.3. The highest BCUT2D eigenvalue weighted by atomic mass is 16.6. The first-order valence-electron chi connectivity index (χ1n) is 5.86. The lowest BCUT2D eigenvalue weighted by Gasteiger charge is -1.98. The van der Waals surface area contributed by atoms with Crippen molar-refractivity contribution in [3.8, 4) is 0 Å². The number of rotatable bonds is 6. The van der Waals surface area contributed by atoms with Gasteiger partial charge in [-0.2, -0.15) is 15.0 Å². The Labute approximate surface area is 120 Å². The predicted octanol–water partition coefficient (Wildman–Crippen LogP) is -1.26. The van der Waals surface area contributed by atoms with Crippen molar-refractivity contribution in [1.29, 1.82) is 0 Å². The van der Waals surface area contributed by atoms with Crippen LogP contribution in [0.2, 0.25) is 0 Å². The number of carbonyl (C=O) groups is 2. The first kappa shape index (κ1) is 18.3. The summed E-state index contributed by atoms with van der Waals surface area (Å²) in [6, 6.07) is 0. The number of aliphatic hydroxyl groups is 1. The molecular weight excluding hydrogens is 284 g/mol. The molecule has 1 rings (SSSR count). The van der Waals surface area contributed by atoms with Crippen LogP contribution in [0.25, 0.3) is 0 Å². The van der Waals surface area contributed by atoms with E-state index in [1.807, 2.05) is 0 Å². The molecule has 0 fully saturated rings. The van der Waals surface area contributed by atoms with Crippen LogP contribution in [0.5, 0.6) is 0 Å². The van der Waals surface area contributed by atoms with E-state index in [-0.39, 0.29) is 30.7 Å². The van der Waals surface area contributed by atoms with Crippen LogP contribution in [0.15, 0.2) is 0 Å². The summed E-state index contributed by atoms with van der Waals surface area (Å²) in [7, 11) is 0. The number of aromatic nitrogens is 3. The highest BCUT2D eigenvalue weighted by molar-refractivity contribution is 5.69. The number of carbonyl (C=O) groups excluding carboxylic acids is 1. The van der Waals surface area contributed by atoms with Crippen LogP contribution in [0.1, 0.15) is 25.7 Å². The molecule has 0 aliphatic heterocycles. The van der Waals surface area contributed by atoms with Crippen LogP contribution >= 0.6 is 0 Å². The SMILES string of the molecule is Nc1nc(N)nc(N)n1.O=C(O)CCCCC(=O)OCO. The number of unbranched alkanes of at least 4 members (excludes halogenated alkanes) is 1. The summed E-state index contributed by atoms with van der Waals surface area (Å²) in [5, 5.41) is 16.4. The molecule has 21 heavy (non-hydrogen) atoms. The number of nitrogens with zero attached hydrogens (tertiary/aromatic N) is 3. The molecular formula is C10H18N6O5. The molecule has 0 unspecified atom stereocenters. The van der Waals surface area contributed by atoms with Gasteiger partial charge in [0.2, 0.25) is 17.8 Å². The van der Waals surface area contributed by atoms with Crippen molar-refractivity contribution in [3.63, 3.8) is 0 Å². The lowest BCUT2D eigenvalue weighted by molar-refractivity contribution is -0.152. The van der Waals surface area contributed by atoms with Crippen molar-refractivity contribution in [1.82, 2.24) is 15.0 Å². The number of carboxylic acid groups (broad SMARTS) is 1. The lowest BCUT2D eigenvalue weighted by Crippen LogP contribution is -2.05. The predicted molar refractivity (Wildman–Crippen MR) is 72.3 cm³/mol. The number of aliphatic hydroxyl groups excluding tert-OH is 1. The van der Waals surface area contributed by atoms with Gasteiger partial charge in [-0.25, -0.2) is 0 Å². The number of esters is 1. The Kier molecular flexibility index (Phi) is 8.84. The summed E-state index contributed by atoms with van der Waals surface area (Å²) >= 11 is 0. The van der Waals surface area contributed by atoms with E-state index in [2.05, 4.69) is 19.7 Å². The van der Waals surface area contributed by atoms with Crippen molar-refractivity contribution >= 4 is 29.8 Å². The van der Waals surface area contributed by atoms with E-state index in [1.54, 1.807) is 0 Å². The third-order valence-corrected chi connectivity index (χ3v) is 1.93. The Balaban J connectivity index is 0.000000394. The molecule has 1 heterocycles. The minimum atomic E-state index is -0.870. The Bertz CT molecular complexity index is 419. The summed E-state index contributed by atoms with van der Waals surface area (Å²) in [6.45, 7) is -0.613. The molecule has 11 heteroatoms. The molecule has 11 nitrogen and oxygen atoms in total. The van der Waals surface area contributed by atoms with Gasteiger partial charge in [0.15, 0.2) is 6.79 Å². The van der Waals surface area contributed by atoms with Crippen molar-refractivity contribution < 1.29 is 24.5 Å². The summed E-state index contributed by atoms with van der Waals surface area (Å²) in [5.74, 6) is -1.24. The molecule has 1 aromatic heterocycles. The zero-order valence-electron chi connectivity index (χ0n) is 11.2. The summed E-state index contributed by atoms with van der Waals surface area (Å²) in [6.07, 6.45) is 1.15. The van der Waals surface area contributed by atoms with E-state index >= 15 is 0 Å². The van der Waals surface area contributed by atoms with Crippen LogP contribution in [-0.2, 0) is 14.3 Å². The van der Waals surface area contributed by atoms with Gasteiger partial charge in [-0.3, -0.25) is 9.59 Å². The van der Waals surface area contributed by atoms with Crippen molar-refractivity contribution in [2.75, 3.05) is 24.0 Å². The van der Waals surface area contributed by atoms with Crippen molar-refractivity contribution in [2.45, 2.75) is 25.7 Å². The van der Waals surface area contributed by atoms with Gasteiger partial charge < -0.3 is 32.2 Å². The maximum absolute atomic E-state index is 10.6. The van der Waals surface area contributed by atoms with E-state index in [9.17, 15) is 9.59 Å². The number of anilines is 3. The summed E-state index contributed by atoms with van der Waals surface area (Å²) in [5.41, 5.74) is 15.4. The van der Waals surface area contributed by atoms with Crippen LogP contribution in [0, 0.1) is 0 Å². The van der Waals surface area contributed by atoms with Gasteiger partial charge in [-0.1, -0.05) is 0 Å². The summed E-state index contributed by atoms with van der Waals surface area (Å²) in [4.78, 5) is 31.0. The molecule has 1 aromatic rings. The highest BCUT2D eigenvalue weighted by Gasteiger charge is 2.02. The normalized spacial score (nSPS) is 9.38. The van der Waals surface area contributed by atoms with Gasteiger partial charge in [0, 0.05) is 12.8 Å². The zero-order valence-corrected chi connectivity index (χ0v) is 11.2. The van der Waals surface area contributed by atoms with Crippen molar-refractivity contribution in [3.05, 3.63) is 0 Å². The number of aliphatic carboxylic acids is 1. The second kappa shape index (κ2) is 10.1. The fourth-order valence-electron chi connectivity index (χ4n) is 1.12. The average molecular weight is 302 g/mol. The summed E-state index contributed by atoms with van der Waals surface area (Å²) < 4.78 is 4.22. The largest absolute Gasteiger partial charge is 0.481 e. The van der Waals surface area contributed by atoms with Gasteiger partial charge >= 0.3 is 11.9 Å². The van der Waals surface area contributed by atoms with Gasteiger partial charge in [0.25, 0.3) is 0 Å². The molecule has 0 spiro atoms. The number of ether oxygens (including phenoxy) is 1. The van der Waals surface area contributed by atoms with Crippen LogP contribution in [0.4, 0.5) is 17.8 Å². The second-order valence-electron chi connectivity index (χ2n) is 3.66. The average Bonchev–Trinajstić information content (AvgIpc) is 2.34. The second-order valence-corrected chi connectivity index (χ2v) is 3.66. The van der Waals surface area contributed by atoms with E-state index < -0.39 is 18.7 Å². The lowest BCUT2D eigenvalue weighted by atomic mass is 10.2. The number of nitrogen functional groups attached to an aromatic ring is 3. The molecule has 0 saturated heterocycles. The fourth-order valence-corrected chi connectivity index (χ4v) is 1.12. The Hall–Kier alpha value is -2.69. The molecule has 8 N–H and O–H groups in total. The molecule has 0 saturated carbocycles. The molecule has 0 radical (unpaired) electrons. The first-order valence-corrected chi connectivity index (χ1v) is 5.86. The smallest absolute Gasteiger partial charge is 0.307 e. The molecule has 0 aromatic carbocycles. The number of nitrogens with two attached hydrogens (primary N) is 3. The third-order valence-electron chi connectivity index (χ3n) is 1.93. The number of hydrogen-bond acceptors (Lipinski definition) is 10. The highest BCUT2D eigenvalue weighted by Crippen LogP contribution is 2.00. The molecule has 0 aliphatic rings. The molecule has 118 valence electrons. The van der Waals surface area contributed by atoms with Gasteiger partial charge in [-0.15, -0.1) is 0 Å². The topological polar surface area (TPSA) is 201 Å². The van der Waals surface area contributed by atoms with E-state index in [1.165, 1.54) is 0 Å². The number of hydrogen-bond donors (Lipinski definition) is 5. The fraction of sp³-hybridized carbons (Fsp3) is 0.500. The molecule has 0 amide bonds. The van der Waals surface area contributed by atoms with Crippen LogP contribution in [0.3, 0.4) is 0 Å². The monoisotopic (exact) mass is 302 g/mol. The van der Waals surface area contributed by atoms with Crippen LogP contribution < -0.4 is 17.2 Å². The molecule has 0 bridgehead atoms. The van der Waals surface area contributed by atoms with Gasteiger partial charge in [0.05, 0.1) is 0 Å². The van der Waals surface area contributed by atoms with E-state index in [4.69, 9.17) is 27.4 Å². The van der Waals surface area contributed by atoms with Crippen molar-refractivity contribution in [2.24, 2.45) is 0 Å². The van der Waals surface area contributed by atoms with Gasteiger partial charge in [0.1, 0.15) is 0 Å². The number of carboxylic acids is 1.